The zero-order chi connectivity index (χ0) is 15.7. The molecule has 6 heteroatoms. The second-order valence-electron chi connectivity index (χ2n) is 5.42. The van der Waals surface area contributed by atoms with E-state index in [4.69, 9.17) is 4.52 Å². The summed E-state index contributed by atoms with van der Waals surface area (Å²) in [6, 6.07) is 7.05. The minimum Gasteiger partial charge on any atom is -0.361 e. The Balaban J connectivity index is 1.72. The van der Waals surface area contributed by atoms with E-state index in [0.29, 0.717) is 18.5 Å². The first-order valence-electron chi connectivity index (χ1n) is 7.18. The smallest absolute Gasteiger partial charge is 0.246 e. The van der Waals surface area contributed by atoms with Crippen LogP contribution in [0.4, 0.5) is 5.69 Å². The molecule has 0 saturated carbocycles. The van der Waals surface area contributed by atoms with Crippen molar-refractivity contribution in [3.63, 3.8) is 0 Å². The molecule has 1 atom stereocenters. The average Bonchev–Trinajstić information content (AvgIpc) is 3.07. The number of rotatable bonds is 3. The molecule has 2 heterocycles. The largest absolute Gasteiger partial charge is 0.361 e. The lowest BCUT2D eigenvalue weighted by Gasteiger charge is -2.11. The summed E-state index contributed by atoms with van der Waals surface area (Å²) in [4.78, 5) is 23.2. The third-order valence-electron chi connectivity index (χ3n) is 3.79. The Bertz CT molecular complexity index is 699. The molecule has 1 aliphatic rings. The summed E-state index contributed by atoms with van der Waals surface area (Å²) < 4.78 is 5.16. The van der Waals surface area contributed by atoms with Gasteiger partial charge < -0.3 is 15.2 Å². The Morgan fingerprint density at radius 1 is 1.32 bits per heavy atom. The molecule has 3 rings (SSSR count). The van der Waals surface area contributed by atoms with Gasteiger partial charge in [-0.2, -0.15) is 0 Å². The SMILES string of the molecule is Cc1noc(C)c1-c1ccc(NC(=O)C2CCC(=O)N2)cc1. The summed E-state index contributed by atoms with van der Waals surface area (Å²) in [5, 5.41) is 9.40. The highest BCUT2D eigenvalue weighted by Crippen LogP contribution is 2.27. The predicted octanol–water partition coefficient (Wildman–Crippen LogP) is 2.18. The monoisotopic (exact) mass is 299 g/mol. The number of nitrogens with zero attached hydrogens (tertiary/aromatic N) is 1. The fourth-order valence-electron chi connectivity index (χ4n) is 2.66. The topological polar surface area (TPSA) is 84.2 Å². The van der Waals surface area contributed by atoms with Gasteiger partial charge in [0.05, 0.1) is 5.69 Å². The van der Waals surface area contributed by atoms with E-state index >= 15 is 0 Å². The van der Waals surface area contributed by atoms with Crippen LogP contribution in [-0.4, -0.2) is 23.0 Å². The molecule has 2 aromatic rings. The Kier molecular flexibility index (Phi) is 3.66. The normalized spacial score (nSPS) is 17.4. The lowest BCUT2D eigenvalue weighted by Crippen LogP contribution is -2.37. The first-order chi connectivity index (χ1) is 10.5. The van der Waals surface area contributed by atoms with E-state index < -0.39 is 6.04 Å². The number of amides is 2. The number of hydrogen-bond donors (Lipinski definition) is 2. The van der Waals surface area contributed by atoms with E-state index in [1.54, 1.807) is 0 Å². The van der Waals surface area contributed by atoms with Crippen LogP contribution in [0.25, 0.3) is 11.1 Å². The minimum atomic E-state index is -0.435. The highest BCUT2D eigenvalue weighted by molar-refractivity contribution is 5.99. The predicted molar refractivity (Wildman–Crippen MR) is 81.2 cm³/mol. The Morgan fingerprint density at radius 2 is 2.05 bits per heavy atom. The van der Waals surface area contributed by atoms with Crippen molar-refractivity contribution in [1.29, 1.82) is 0 Å². The van der Waals surface area contributed by atoms with Gasteiger partial charge in [0.2, 0.25) is 11.8 Å². The van der Waals surface area contributed by atoms with E-state index in [2.05, 4.69) is 15.8 Å². The average molecular weight is 299 g/mol. The fraction of sp³-hybridized carbons (Fsp3) is 0.312. The highest BCUT2D eigenvalue weighted by atomic mass is 16.5. The molecule has 2 amide bonds. The molecule has 0 spiro atoms. The van der Waals surface area contributed by atoms with E-state index in [9.17, 15) is 9.59 Å². The van der Waals surface area contributed by atoms with Crippen LogP contribution < -0.4 is 10.6 Å². The number of aromatic nitrogens is 1. The molecule has 1 saturated heterocycles. The molecule has 2 N–H and O–H groups in total. The van der Waals surface area contributed by atoms with Crippen LogP contribution in [0.2, 0.25) is 0 Å². The highest BCUT2D eigenvalue weighted by Gasteiger charge is 2.27. The molecule has 1 aliphatic heterocycles. The molecular weight excluding hydrogens is 282 g/mol. The summed E-state index contributed by atoms with van der Waals surface area (Å²) in [6.07, 6.45) is 0.949. The van der Waals surface area contributed by atoms with Crippen LogP contribution in [0.3, 0.4) is 0 Å². The lowest BCUT2D eigenvalue weighted by molar-refractivity contribution is -0.122. The molecule has 0 radical (unpaired) electrons. The Morgan fingerprint density at radius 3 is 2.59 bits per heavy atom. The molecule has 1 fully saturated rings. The number of aryl methyl sites for hydroxylation is 2. The summed E-state index contributed by atoms with van der Waals surface area (Å²) in [5.74, 6) is 0.507. The number of hydrogen-bond acceptors (Lipinski definition) is 4. The van der Waals surface area contributed by atoms with Gasteiger partial charge in [-0.05, 0) is 38.0 Å². The number of carbonyl (C=O) groups is 2. The number of carbonyl (C=O) groups excluding carboxylic acids is 2. The van der Waals surface area contributed by atoms with E-state index in [1.807, 2.05) is 38.1 Å². The van der Waals surface area contributed by atoms with Crippen molar-refractivity contribution >= 4 is 17.5 Å². The number of nitrogens with one attached hydrogen (secondary N) is 2. The first kappa shape index (κ1) is 14.3. The van der Waals surface area contributed by atoms with Crippen LogP contribution in [0.15, 0.2) is 28.8 Å². The third kappa shape index (κ3) is 2.72. The van der Waals surface area contributed by atoms with Crippen molar-refractivity contribution < 1.29 is 14.1 Å². The summed E-state index contributed by atoms with van der Waals surface area (Å²) >= 11 is 0. The van der Waals surface area contributed by atoms with Crippen LogP contribution >= 0.6 is 0 Å². The second kappa shape index (κ2) is 5.63. The Hall–Kier alpha value is -2.63. The van der Waals surface area contributed by atoms with Gasteiger partial charge >= 0.3 is 0 Å². The van der Waals surface area contributed by atoms with Crippen molar-refractivity contribution in [3.8, 4) is 11.1 Å². The number of benzene rings is 1. The van der Waals surface area contributed by atoms with Gasteiger partial charge in [-0.15, -0.1) is 0 Å². The second-order valence-corrected chi connectivity index (χ2v) is 5.42. The van der Waals surface area contributed by atoms with Crippen LogP contribution in [-0.2, 0) is 9.59 Å². The maximum atomic E-state index is 12.0. The molecular formula is C16H17N3O3. The van der Waals surface area contributed by atoms with Crippen LogP contribution in [0.5, 0.6) is 0 Å². The minimum absolute atomic E-state index is 0.0751. The molecule has 1 aromatic heterocycles. The maximum absolute atomic E-state index is 12.0. The van der Waals surface area contributed by atoms with Crippen molar-refractivity contribution in [1.82, 2.24) is 10.5 Å². The zero-order valence-electron chi connectivity index (χ0n) is 12.5. The van der Waals surface area contributed by atoms with Gasteiger partial charge in [-0.25, -0.2) is 0 Å². The van der Waals surface area contributed by atoms with Crippen molar-refractivity contribution in [3.05, 3.63) is 35.7 Å². The van der Waals surface area contributed by atoms with Gasteiger partial charge in [0.15, 0.2) is 0 Å². The lowest BCUT2D eigenvalue weighted by atomic mass is 10.0. The molecule has 22 heavy (non-hydrogen) atoms. The molecule has 1 aromatic carbocycles. The summed E-state index contributed by atoms with van der Waals surface area (Å²) in [7, 11) is 0. The van der Waals surface area contributed by atoms with E-state index in [-0.39, 0.29) is 11.8 Å². The standard InChI is InChI=1S/C16H17N3O3/c1-9-15(10(2)22-19-9)11-3-5-12(6-4-11)17-16(21)13-7-8-14(20)18-13/h3-6,13H,7-8H2,1-2H3,(H,17,21)(H,18,20). The van der Waals surface area contributed by atoms with Gasteiger partial charge in [-0.1, -0.05) is 17.3 Å². The summed E-state index contributed by atoms with van der Waals surface area (Å²) in [6.45, 7) is 3.76. The van der Waals surface area contributed by atoms with Crippen molar-refractivity contribution in [2.75, 3.05) is 5.32 Å². The molecule has 114 valence electrons. The first-order valence-corrected chi connectivity index (χ1v) is 7.18. The van der Waals surface area contributed by atoms with Gasteiger partial charge in [-0.3, -0.25) is 9.59 Å². The van der Waals surface area contributed by atoms with Crippen LogP contribution in [0.1, 0.15) is 24.3 Å². The molecule has 0 bridgehead atoms. The van der Waals surface area contributed by atoms with Gasteiger partial charge in [0.1, 0.15) is 11.8 Å². The fourth-order valence-corrected chi connectivity index (χ4v) is 2.66. The van der Waals surface area contributed by atoms with Crippen LogP contribution in [0, 0.1) is 13.8 Å². The molecule has 1 unspecified atom stereocenters. The van der Waals surface area contributed by atoms with E-state index in [0.717, 1.165) is 22.6 Å². The molecule has 6 nitrogen and oxygen atoms in total. The van der Waals surface area contributed by atoms with Crippen molar-refractivity contribution in [2.45, 2.75) is 32.7 Å². The summed E-state index contributed by atoms with van der Waals surface area (Å²) in [5.41, 5.74) is 3.49. The van der Waals surface area contributed by atoms with E-state index in [1.165, 1.54) is 0 Å². The van der Waals surface area contributed by atoms with Gasteiger partial charge in [0, 0.05) is 17.7 Å². The quantitative estimate of drug-likeness (QED) is 0.909. The third-order valence-corrected chi connectivity index (χ3v) is 3.79. The van der Waals surface area contributed by atoms with Gasteiger partial charge in [0.25, 0.3) is 0 Å². The zero-order valence-corrected chi connectivity index (χ0v) is 12.5. The maximum Gasteiger partial charge on any atom is 0.246 e. The van der Waals surface area contributed by atoms with Crippen molar-refractivity contribution in [2.24, 2.45) is 0 Å². The number of anilines is 1. The Labute approximate surface area is 127 Å². The molecule has 0 aliphatic carbocycles.